The van der Waals surface area contributed by atoms with Crippen molar-refractivity contribution in [2.24, 2.45) is 0 Å². The Labute approximate surface area is 126 Å². The molecule has 3 nitrogen and oxygen atoms in total. The van der Waals surface area contributed by atoms with Gasteiger partial charge in [0.1, 0.15) is 24.0 Å². The van der Waals surface area contributed by atoms with Gasteiger partial charge in [0.2, 0.25) is 0 Å². The summed E-state index contributed by atoms with van der Waals surface area (Å²) >= 11 is 1.64. The molecule has 2 aromatic carbocycles. The molecule has 1 aromatic heterocycles. The fraction of sp³-hybridized carbons (Fsp3) is 0.188. The first-order valence-electron chi connectivity index (χ1n) is 6.67. The number of fused-ring (bicyclic) bond motifs is 1. The first-order chi connectivity index (χ1) is 10.3. The predicted molar refractivity (Wildman–Crippen MR) is 86.1 cm³/mol. The lowest BCUT2D eigenvalue weighted by Crippen LogP contribution is -1.97. The summed E-state index contributed by atoms with van der Waals surface area (Å²) in [5.41, 5.74) is 3.03. The van der Waals surface area contributed by atoms with E-state index in [1.54, 1.807) is 11.3 Å². The minimum Gasteiger partial charge on any atom is -0.491 e. The molecule has 1 heterocycles. The second-order valence-corrected chi connectivity index (χ2v) is 5.54. The largest absolute Gasteiger partial charge is 0.491 e. The number of alkyl halides is 1. The van der Waals surface area contributed by atoms with Gasteiger partial charge in [-0.05, 0) is 36.4 Å². The molecule has 1 N–H and O–H groups in total. The lowest BCUT2D eigenvalue weighted by molar-refractivity contribution is 0.273. The van der Waals surface area contributed by atoms with Crippen LogP contribution in [-0.2, 0) is 0 Å². The van der Waals surface area contributed by atoms with E-state index in [1.165, 1.54) is 0 Å². The summed E-state index contributed by atoms with van der Waals surface area (Å²) < 4.78 is 18.5. The van der Waals surface area contributed by atoms with E-state index >= 15 is 0 Å². The van der Waals surface area contributed by atoms with Crippen molar-refractivity contribution in [3.8, 4) is 16.3 Å². The van der Waals surface area contributed by atoms with E-state index in [9.17, 15) is 4.39 Å². The highest BCUT2D eigenvalue weighted by Crippen LogP contribution is 2.32. The first-order valence-corrected chi connectivity index (χ1v) is 7.49. The van der Waals surface area contributed by atoms with Gasteiger partial charge in [-0.25, -0.2) is 9.37 Å². The predicted octanol–water partition coefficient (Wildman–Crippen LogP) is 4.35. The van der Waals surface area contributed by atoms with Gasteiger partial charge in [0.15, 0.2) is 0 Å². The van der Waals surface area contributed by atoms with Crippen LogP contribution >= 0.6 is 11.3 Å². The Morgan fingerprint density at radius 2 is 2.00 bits per heavy atom. The molecule has 0 amide bonds. The van der Waals surface area contributed by atoms with E-state index in [0.29, 0.717) is 5.75 Å². The Bertz CT molecular complexity index is 740. The molecule has 21 heavy (non-hydrogen) atoms. The average molecular weight is 302 g/mol. The van der Waals surface area contributed by atoms with Crippen LogP contribution < -0.4 is 10.1 Å². The first kappa shape index (κ1) is 13.8. The molecular formula is C16H15FN2OS. The third-order valence-corrected chi connectivity index (χ3v) is 4.21. The van der Waals surface area contributed by atoms with E-state index in [0.717, 1.165) is 26.5 Å². The van der Waals surface area contributed by atoms with Crippen LogP contribution in [0.15, 0.2) is 42.5 Å². The summed E-state index contributed by atoms with van der Waals surface area (Å²) in [5, 5.41) is 4.06. The van der Waals surface area contributed by atoms with Crippen LogP contribution in [0.2, 0.25) is 0 Å². The number of nitrogens with zero attached hydrogens (tertiary/aromatic N) is 1. The number of hydrogen-bond donors (Lipinski definition) is 1. The standard InChI is InChI=1S/C16H15FN2OS/c1-18-12-4-2-11(3-5-12)16-19-14-10-13(20-9-8-17)6-7-15(14)21-16/h2-7,10,18H,8-9H2,1H3. The Morgan fingerprint density at radius 1 is 1.19 bits per heavy atom. The number of ether oxygens (including phenoxy) is 1. The van der Waals surface area contributed by atoms with Gasteiger partial charge in [0.25, 0.3) is 0 Å². The highest BCUT2D eigenvalue weighted by molar-refractivity contribution is 7.21. The zero-order valence-corrected chi connectivity index (χ0v) is 12.4. The molecule has 5 heteroatoms. The number of hydrogen-bond acceptors (Lipinski definition) is 4. The smallest absolute Gasteiger partial charge is 0.124 e. The quantitative estimate of drug-likeness (QED) is 0.760. The average Bonchev–Trinajstić information content (AvgIpc) is 2.96. The maximum absolute atomic E-state index is 12.1. The van der Waals surface area contributed by atoms with Crippen LogP contribution in [0.4, 0.5) is 10.1 Å². The normalized spacial score (nSPS) is 10.8. The molecule has 0 spiro atoms. The van der Waals surface area contributed by atoms with Crippen molar-refractivity contribution < 1.29 is 9.13 Å². The lowest BCUT2D eigenvalue weighted by atomic mass is 10.2. The van der Waals surface area contributed by atoms with Crippen LogP contribution in [0.25, 0.3) is 20.8 Å². The molecule has 0 saturated heterocycles. The van der Waals surface area contributed by atoms with Gasteiger partial charge in [-0.3, -0.25) is 0 Å². The molecule has 0 fully saturated rings. The van der Waals surface area contributed by atoms with Crippen molar-refractivity contribution in [2.45, 2.75) is 0 Å². The van der Waals surface area contributed by atoms with E-state index in [2.05, 4.69) is 10.3 Å². The zero-order valence-electron chi connectivity index (χ0n) is 11.6. The maximum atomic E-state index is 12.1. The van der Waals surface area contributed by atoms with Gasteiger partial charge < -0.3 is 10.1 Å². The van der Waals surface area contributed by atoms with Gasteiger partial charge >= 0.3 is 0 Å². The van der Waals surface area contributed by atoms with Crippen LogP contribution in [0, 0.1) is 0 Å². The minimum atomic E-state index is -0.488. The fourth-order valence-electron chi connectivity index (χ4n) is 2.06. The van der Waals surface area contributed by atoms with E-state index in [4.69, 9.17) is 4.74 Å². The van der Waals surface area contributed by atoms with Crippen molar-refractivity contribution in [2.75, 3.05) is 25.6 Å². The molecule has 0 aliphatic rings. The van der Waals surface area contributed by atoms with Gasteiger partial charge in [0.05, 0.1) is 10.2 Å². The third kappa shape index (κ3) is 2.97. The van der Waals surface area contributed by atoms with Gasteiger partial charge in [-0.1, -0.05) is 0 Å². The van der Waals surface area contributed by atoms with Crippen LogP contribution in [0.5, 0.6) is 5.75 Å². The van der Waals surface area contributed by atoms with Crippen molar-refractivity contribution in [1.82, 2.24) is 4.98 Å². The summed E-state index contributed by atoms with van der Waals surface area (Å²) in [4.78, 5) is 4.63. The molecule has 0 radical (unpaired) electrons. The Morgan fingerprint density at radius 3 is 2.71 bits per heavy atom. The molecule has 108 valence electrons. The lowest BCUT2D eigenvalue weighted by Gasteiger charge is -2.01. The number of rotatable bonds is 5. The van der Waals surface area contributed by atoms with Gasteiger partial charge in [-0.2, -0.15) is 0 Å². The highest BCUT2D eigenvalue weighted by atomic mass is 32.1. The Hall–Kier alpha value is -2.14. The topological polar surface area (TPSA) is 34.2 Å². The maximum Gasteiger partial charge on any atom is 0.124 e. The Balaban J connectivity index is 1.92. The molecule has 0 saturated carbocycles. The van der Waals surface area contributed by atoms with E-state index in [-0.39, 0.29) is 6.61 Å². The van der Waals surface area contributed by atoms with Crippen molar-refractivity contribution in [1.29, 1.82) is 0 Å². The molecule has 3 rings (SSSR count). The van der Waals surface area contributed by atoms with Crippen LogP contribution in [0.3, 0.4) is 0 Å². The number of anilines is 1. The van der Waals surface area contributed by atoms with Crippen molar-refractivity contribution in [3.63, 3.8) is 0 Å². The second kappa shape index (κ2) is 6.10. The summed E-state index contributed by atoms with van der Waals surface area (Å²) in [6.45, 7) is -0.411. The second-order valence-electron chi connectivity index (χ2n) is 4.51. The van der Waals surface area contributed by atoms with Gasteiger partial charge in [0, 0.05) is 24.4 Å². The SMILES string of the molecule is CNc1ccc(-c2nc3cc(OCCF)ccc3s2)cc1. The highest BCUT2D eigenvalue weighted by Gasteiger charge is 2.07. The van der Waals surface area contributed by atoms with Crippen molar-refractivity contribution >= 4 is 27.2 Å². The molecule has 0 aliphatic heterocycles. The molecule has 0 bridgehead atoms. The van der Waals surface area contributed by atoms with Crippen LogP contribution in [0.1, 0.15) is 0 Å². The van der Waals surface area contributed by atoms with Crippen LogP contribution in [-0.4, -0.2) is 25.3 Å². The molecule has 0 atom stereocenters. The number of halogens is 1. The van der Waals surface area contributed by atoms with Crippen molar-refractivity contribution in [3.05, 3.63) is 42.5 Å². The zero-order chi connectivity index (χ0) is 14.7. The summed E-state index contributed by atoms with van der Waals surface area (Å²) in [6, 6.07) is 13.8. The molecule has 3 aromatic rings. The van der Waals surface area contributed by atoms with Gasteiger partial charge in [-0.15, -0.1) is 11.3 Å². The molecule has 0 aliphatic carbocycles. The summed E-state index contributed by atoms with van der Waals surface area (Å²) in [6.07, 6.45) is 0. The third-order valence-electron chi connectivity index (χ3n) is 3.13. The number of benzene rings is 2. The van der Waals surface area contributed by atoms with E-state index < -0.39 is 6.67 Å². The minimum absolute atomic E-state index is 0.0774. The monoisotopic (exact) mass is 302 g/mol. The molecular weight excluding hydrogens is 287 g/mol. The molecule has 0 unspecified atom stereocenters. The number of aromatic nitrogens is 1. The Kier molecular flexibility index (Phi) is 4.01. The summed E-state index contributed by atoms with van der Waals surface area (Å²) in [5.74, 6) is 0.655. The number of nitrogens with one attached hydrogen (secondary N) is 1. The fourth-order valence-corrected chi connectivity index (χ4v) is 3.01. The number of thiazole rings is 1. The summed E-state index contributed by atoms with van der Waals surface area (Å²) in [7, 11) is 1.89. The van der Waals surface area contributed by atoms with E-state index in [1.807, 2.05) is 49.5 Å².